The second kappa shape index (κ2) is 5.30. The minimum Gasteiger partial charge on any atom is -0.440 e. The number of H-pyrrole nitrogens is 1. The summed E-state index contributed by atoms with van der Waals surface area (Å²) < 4.78 is 5.97. The minimum atomic E-state index is 0.263. The normalized spacial score (nSPS) is 18.5. The smallest absolute Gasteiger partial charge is 0.200 e. The van der Waals surface area contributed by atoms with Crippen LogP contribution in [0.1, 0.15) is 24.7 Å². The van der Waals surface area contributed by atoms with Crippen LogP contribution in [0.15, 0.2) is 41.3 Å². The molecule has 4 heterocycles. The number of hydrogen-bond donors (Lipinski definition) is 1. The second-order valence-electron chi connectivity index (χ2n) is 6.10. The van der Waals surface area contributed by atoms with Gasteiger partial charge in [0.15, 0.2) is 22.9 Å². The molecule has 0 radical (unpaired) electrons. The number of nitrogens with one attached hydrogen (secondary N) is 1. The molecule has 3 aromatic heterocycles. The van der Waals surface area contributed by atoms with Gasteiger partial charge in [-0.2, -0.15) is 0 Å². The zero-order chi connectivity index (χ0) is 15.9. The number of rotatable bonds is 2. The van der Waals surface area contributed by atoms with Crippen molar-refractivity contribution in [3.05, 3.63) is 42.8 Å². The first-order valence-corrected chi connectivity index (χ1v) is 8.13. The van der Waals surface area contributed by atoms with E-state index >= 15 is 0 Å². The van der Waals surface area contributed by atoms with Crippen LogP contribution in [0.2, 0.25) is 0 Å². The Kier molecular flexibility index (Phi) is 2.97. The van der Waals surface area contributed by atoms with Crippen LogP contribution in [0.4, 0.5) is 5.82 Å². The Bertz CT molecular complexity index is 973. The molecule has 0 aliphatic carbocycles. The molecule has 1 fully saturated rings. The summed E-state index contributed by atoms with van der Waals surface area (Å²) in [6.07, 6.45) is 5.37. The molecule has 0 saturated carbocycles. The fraction of sp³-hybridized carbons (Fsp3) is 0.294. The van der Waals surface area contributed by atoms with Crippen LogP contribution in [0.25, 0.3) is 22.3 Å². The molecule has 1 N–H and O–H groups in total. The van der Waals surface area contributed by atoms with Crippen LogP contribution in [0.3, 0.4) is 0 Å². The lowest BCUT2D eigenvalue weighted by molar-refractivity contribution is 0.412. The van der Waals surface area contributed by atoms with Crippen molar-refractivity contribution < 1.29 is 4.42 Å². The molecule has 0 spiro atoms. The first kappa shape index (κ1) is 13.5. The number of anilines is 1. The van der Waals surface area contributed by atoms with Crippen molar-refractivity contribution in [3.63, 3.8) is 0 Å². The first-order chi connectivity index (χ1) is 11.9. The number of fused-ring (bicyclic) bond motifs is 2. The van der Waals surface area contributed by atoms with Crippen molar-refractivity contribution in [2.24, 2.45) is 0 Å². The summed E-state index contributed by atoms with van der Waals surface area (Å²) in [5, 5.41) is 0. The Morgan fingerprint density at radius 2 is 2.12 bits per heavy atom. The minimum absolute atomic E-state index is 0.263. The second-order valence-corrected chi connectivity index (χ2v) is 6.10. The average Bonchev–Trinajstić information content (AvgIpc) is 3.28. The van der Waals surface area contributed by atoms with Gasteiger partial charge in [-0.3, -0.25) is 0 Å². The number of hydrogen-bond acceptors (Lipinski definition) is 6. The zero-order valence-corrected chi connectivity index (χ0v) is 13.0. The summed E-state index contributed by atoms with van der Waals surface area (Å²) >= 11 is 0. The summed E-state index contributed by atoms with van der Waals surface area (Å²) in [5.41, 5.74) is 3.35. The van der Waals surface area contributed by atoms with E-state index < -0.39 is 0 Å². The maximum absolute atomic E-state index is 5.97. The van der Waals surface area contributed by atoms with E-state index in [1.165, 1.54) is 0 Å². The highest BCUT2D eigenvalue weighted by atomic mass is 16.3. The van der Waals surface area contributed by atoms with Gasteiger partial charge in [-0.15, -0.1) is 0 Å². The van der Waals surface area contributed by atoms with Gasteiger partial charge in [-0.25, -0.2) is 19.9 Å². The average molecular weight is 320 g/mol. The van der Waals surface area contributed by atoms with Gasteiger partial charge < -0.3 is 14.3 Å². The number of nitrogens with zero attached hydrogens (tertiary/aromatic N) is 5. The number of aromatic nitrogens is 5. The van der Waals surface area contributed by atoms with Crippen LogP contribution in [-0.4, -0.2) is 38.0 Å². The highest BCUT2D eigenvalue weighted by Gasteiger charge is 2.27. The molecule has 0 amide bonds. The van der Waals surface area contributed by atoms with Gasteiger partial charge in [0.25, 0.3) is 0 Å². The number of oxazole rings is 1. The molecule has 1 atom stereocenters. The van der Waals surface area contributed by atoms with Crippen LogP contribution in [0.5, 0.6) is 0 Å². The lowest BCUT2D eigenvalue weighted by Gasteiger charge is -2.32. The molecule has 0 unspecified atom stereocenters. The number of aromatic amines is 1. The number of para-hydroxylation sites is 2. The highest BCUT2D eigenvalue weighted by molar-refractivity contribution is 5.82. The van der Waals surface area contributed by atoms with Gasteiger partial charge in [0.05, 0.1) is 12.2 Å². The van der Waals surface area contributed by atoms with E-state index in [1.807, 2.05) is 24.3 Å². The van der Waals surface area contributed by atoms with Gasteiger partial charge in [-0.1, -0.05) is 12.1 Å². The van der Waals surface area contributed by atoms with Gasteiger partial charge in [0.2, 0.25) is 0 Å². The molecule has 4 aromatic rings. The summed E-state index contributed by atoms with van der Waals surface area (Å²) in [6, 6.07) is 7.91. The molecule has 1 saturated heterocycles. The number of benzene rings is 1. The summed E-state index contributed by atoms with van der Waals surface area (Å²) in [4.78, 5) is 23.0. The fourth-order valence-corrected chi connectivity index (χ4v) is 3.43. The van der Waals surface area contributed by atoms with E-state index in [0.29, 0.717) is 5.65 Å². The monoisotopic (exact) mass is 320 g/mol. The van der Waals surface area contributed by atoms with Crippen molar-refractivity contribution in [1.82, 2.24) is 24.9 Å². The van der Waals surface area contributed by atoms with Gasteiger partial charge in [0.1, 0.15) is 17.4 Å². The Morgan fingerprint density at radius 1 is 1.17 bits per heavy atom. The molecule has 7 nitrogen and oxygen atoms in total. The SMILES string of the molecule is c1ccc2oc([C@@H]3CCCN(c4ncnc5nc[nH]c45)C3)nc2c1. The van der Waals surface area contributed by atoms with Crippen LogP contribution in [-0.2, 0) is 0 Å². The summed E-state index contributed by atoms with van der Waals surface area (Å²) in [7, 11) is 0. The van der Waals surface area contributed by atoms with E-state index in [9.17, 15) is 0 Å². The molecule has 120 valence electrons. The lowest BCUT2D eigenvalue weighted by atomic mass is 9.98. The molecule has 1 aliphatic heterocycles. The molecular formula is C17H16N6O. The third-order valence-electron chi connectivity index (χ3n) is 4.58. The topological polar surface area (TPSA) is 83.7 Å². The third-order valence-corrected chi connectivity index (χ3v) is 4.58. The van der Waals surface area contributed by atoms with E-state index in [1.54, 1.807) is 12.7 Å². The zero-order valence-electron chi connectivity index (χ0n) is 13.0. The van der Waals surface area contributed by atoms with Crippen molar-refractivity contribution in [2.75, 3.05) is 18.0 Å². The predicted octanol–water partition coefficient (Wildman–Crippen LogP) is 2.88. The van der Waals surface area contributed by atoms with Crippen LogP contribution in [0, 0.1) is 0 Å². The van der Waals surface area contributed by atoms with Crippen molar-refractivity contribution in [3.8, 4) is 0 Å². The third kappa shape index (κ3) is 2.12. The molecule has 24 heavy (non-hydrogen) atoms. The Labute approximate surface area is 137 Å². The van der Waals surface area contributed by atoms with Gasteiger partial charge in [-0.05, 0) is 25.0 Å². The summed E-state index contributed by atoms with van der Waals surface area (Å²) in [5.74, 6) is 1.98. The largest absolute Gasteiger partial charge is 0.440 e. The molecule has 7 heteroatoms. The maximum atomic E-state index is 5.97. The molecular weight excluding hydrogens is 304 g/mol. The first-order valence-electron chi connectivity index (χ1n) is 8.13. The molecule has 0 bridgehead atoms. The van der Waals surface area contributed by atoms with Crippen molar-refractivity contribution in [1.29, 1.82) is 0 Å². The van der Waals surface area contributed by atoms with Crippen LogP contribution >= 0.6 is 0 Å². The van der Waals surface area contributed by atoms with E-state index in [4.69, 9.17) is 4.42 Å². The van der Waals surface area contributed by atoms with Crippen LogP contribution < -0.4 is 4.90 Å². The maximum Gasteiger partial charge on any atom is 0.200 e. The summed E-state index contributed by atoms with van der Waals surface area (Å²) in [6.45, 7) is 1.79. The quantitative estimate of drug-likeness (QED) is 0.611. The van der Waals surface area contributed by atoms with Gasteiger partial charge in [0, 0.05) is 13.1 Å². The Morgan fingerprint density at radius 3 is 3.08 bits per heavy atom. The molecule has 5 rings (SSSR count). The highest BCUT2D eigenvalue weighted by Crippen LogP contribution is 2.32. The van der Waals surface area contributed by atoms with E-state index in [-0.39, 0.29) is 5.92 Å². The van der Waals surface area contributed by atoms with E-state index in [0.717, 1.165) is 54.3 Å². The predicted molar refractivity (Wildman–Crippen MR) is 89.9 cm³/mol. The Balaban J connectivity index is 1.48. The fourth-order valence-electron chi connectivity index (χ4n) is 3.43. The van der Waals surface area contributed by atoms with Gasteiger partial charge >= 0.3 is 0 Å². The van der Waals surface area contributed by atoms with E-state index in [2.05, 4.69) is 29.8 Å². The lowest BCUT2D eigenvalue weighted by Crippen LogP contribution is -2.35. The number of piperidine rings is 1. The molecule has 1 aromatic carbocycles. The van der Waals surface area contributed by atoms with Crippen molar-refractivity contribution >= 4 is 28.1 Å². The Hall–Kier alpha value is -2.96. The standard InChI is InChI=1S/C17H16N6O/c1-2-6-13-12(5-1)22-17(24-13)11-4-3-7-23(8-11)16-14-15(19-9-18-14)20-10-21-16/h1-2,5-6,9-11H,3-4,7-8H2,(H,18,19,20,21)/t11-/m1/s1. The number of imidazole rings is 1. The molecule has 1 aliphatic rings. The van der Waals surface area contributed by atoms with Crippen molar-refractivity contribution in [2.45, 2.75) is 18.8 Å².